The zero-order valence-electron chi connectivity index (χ0n) is 11.9. The molecule has 0 radical (unpaired) electrons. The molecule has 1 unspecified atom stereocenters. The Balaban J connectivity index is 0.000000289. The van der Waals surface area contributed by atoms with E-state index in [0.717, 1.165) is 19.5 Å². The Morgan fingerprint density at radius 2 is 1.89 bits per heavy atom. The number of rotatable bonds is 1. The Morgan fingerprint density at radius 1 is 1.28 bits per heavy atom. The summed E-state index contributed by atoms with van der Waals surface area (Å²) in [5, 5.41) is 3.09. The van der Waals surface area contributed by atoms with Crippen molar-refractivity contribution >= 4 is 5.97 Å². The van der Waals surface area contributed by atoms with Gasteiger partial charge in [0, 0.05) is 6.54 Å². The van der Waals surface area contributed by atoms with Crippen LogP contribution in [0.1, 0.15) is 25.8 Å². The van der Waals surface area contributed by atoms with Gasteiger partial charge in [-0.25, -0.2) is 0 Å². The molecule has 0 bridgehead atoms. The lowest BCUT2D eigenvalue weighted by molar-refractivity contribution is -0.144. The average molecular weight is 251 g/mol. The number of methoxy groups -OCH3 is 1. The fourth-order valence-electron chi connectivity index (χ4n) is 1.56. The molecule has 0 spiro atoms. The first kappa shape index (κ1) is 16.6. The molecule has 1 aliphatic heterocycles. The molecule has 1 aliphatic rings. The summed E-state index contributed by atoms with van der Waals surface area (Å²) in [5.74, 6) is 0.0231. The fourth-order valence-corrected chi connectivity index (χ4v) is 1.56. The lowest BCUT2D eigenvalue weighted by atomic mass is 10.1. The average Bonchev–Trinajstić information content (AvgIpc) is 2.96. The topological polar surface area (TPSA) is 38.3 Å². The van der Waals surface area contributed by atoms with Gasteiger partial charge >= 0.3 is 5.97 Å². The number of aryl methyl sites for hydroxylation is 1. The second-order valence-electron chi connectivity index (χ2n) is 3.87. The molecule has 102 valence electrons. The summed E-state index contributed by atoms with van der Waals surface area (Å²) >= 11 is 0. The summed E-state index contributed by atoms with van der Waals surface area (Å²) in [6, 6.07) is 10.3. The molecule has 1 atom stereocenters. The summed E-state index contributed by atoms with van der Waals surface area (Å²) in [7, 11) is 1.43. The van der Waals surface area contributed by atoms with E-state index in [0.29, 0.717) is 0 Å². The summed E-state index contributed by atoms with van der Waals surface area (Å²) in [4.78, 5) is 10.8. The quantitative estimate of drug-likeness (QED) is 0.780. The van der Waals surface area contributed by atoms with Gasteiger partial charge < -0.3 is 10.1 Å². The molecule has 0 saturated carbocycles. The number of benzene rings is 1. The fraction of sp³-hybridized carbons (Fsp3) is 0.533. The van der Waals surface area contributed by atoms with Crippen molar-refractivity contribution in [3.05, 3.63) is 35.9 Å². The highest BCUT2D eigenvalue weighted by molar-refractivity contribution is 5.72. The SMILES string of the molecule is CC.COC(=O)C1CCNC1.Cc1ccccc1. The lowest BCUT2D eigenvalue weighted by Gasteiger charge is -2.02. The number of carbonyl (C=O) groups is 1. The third kappa shape index (κ3) is 7.07. The standard InChI is InChI=1S/C7H8.C6H11NO2.C2H6/c1-7-5-3-2-4-6-7;1-9-6(8)5-2-3-7-4-5;1-2/h2-6H,1H3;5,7H,2-4H2,1H3;1-2H3. The van der Waals surface area contributed by atoms with Gasteiger partial charge in [0.05, 0.1) is 13.0 Å². The van der Waals surface area contributed by atoms with Gasteiger partial charge in [-0.2, -0.15) is 0 Å². The molecule has 1 fully saturated rings. The van der Waals surface area contributed by atoms with E-state index in [1.54, 1.807) is 0 Å². The maximum absolute atomic E-state index is 10.8. The minimum absolute atomic E-state index is 0.0833. The predicted octanol–water partition coefficient (Wildman–Crippen LogP) is 2.79. The van der Waals surface area contributed by atoms with Crippen LogP contribution in [0, 0.1) is 12.8 Å². The number of esters is 1. The van der Waals surface area contributed by atoms with E-state index in [2.05, 4.69) is 29.1 Å². The zero-order chi connectivity index (χ0) is 13.8. The minimum Gasteiger partial charge on any atom is -0.469 e. The van der Waals surface area contributed by atoms with Crippen LogP contribution in [-0.4, -0.2) is 26.2 Å². The number of carbonyl (C=O) groups excluding carboxylic acids is 1. The predicted molar refractivity (Wildman–Crippen MR) is 75.5 cm³/mol. The molecule has 2 rings (SSSR count). The molecule has 1 N–H and O–H groups in total. The molecule has 1 saturated heterocycles. The summed E-state index contributed by atoms with van der Waals surface area (Å²) < 4.78 is 4.56. The summed E-state index contributed by atoms with van der Waals surface area (Å²) in [6.07, 6.45) is 0.923. The van der Waals surface area contributed by atoms with Crippen LogP contribution in [0.2, 0.25) is 0 Å². The van der Waals surface area contributed by atoms with Crippen molar-refractivity contribution in [2.24, 2.45) is 5.92 Å². The van der Waals surface area contributed by atoms with Crippen LogP contribution in [0.4, 0.5) is 0 Å². The molecule has 0 aliphatic carbocycles. The molecule has 3 nitrogen and oxygen atoms in total. The highest BCUT2D eigenvalue weighted by Crippen LogP contribution is 2.07. The Kier molecular flexibility index (Phi) is 9.97. The highest BCUT2D eigenvalue weighted by atomic mass is 16.5. The van der Waals surface area contributed by atoms with Crippen LogP contribution in [0.15, 0.2) is 30.3 Å². The van der Waals surface area contributed by atoms with E-state index in [1.807, 2.05) is 32.0 Å². The Bertz CT molecular complexity index is 306. The van der Waals surface area contributed by atoms with Crippen molar-refractivity contribution in [3.63, 3.8) is 0 Å². The van der Waals surface area contributed by atoms with Crippen LogP contribution in [0.5, 0.6) is 0 Å². The first-order chi connectivity index (χ1) is 8.74. The lowest BCUT2D eigenvalue weighted by Crippen LogP contribution is -2.18. The number of hydrogen-bond donors (Lipinski definition) is 1. The second kappa shape index (κ2) is 10.8. The van der Waals surface area contributed by atoms with E-state index in [4.69, 9.17) is 0 Å². The van der Waals surface area contributed by atoms with Crippen molar-refractivity contribution in [2.75, 3.05) is 20.2 Å². The van der Waals surface area contributed by atoms with Gasteiger partial charge in [0.2, 0.25) is 0 Å². The molecular weight excluding hydrogens is 226 g/mol. The van der Waals surface area contributed by atoms with Gasteiger partial charge in [-0.1, -0.05) is 49.7 Å². The van der Waals surface area contributed by atoms with Crippen molar-refractivity contribution in [2.45, 2.75) is 27.2 Å². The van der Waals surface area contributed by atoms with Gasteiger partial charge in [-0.3, -0.25) is 4.79 Å². The Hall–Kier alpha value is -1.35. The van der Waals surface area contributed by atoms with Gasteiger partial charge in [0.15, 0.2) is 0 Å². The van der Waals surface area contributed by atoms with E-state index in [1.165, 1.54) is 12.7 Å². The molecule has 1 heterocycles. The van der Waals surface area contributed by atoms with Gasteiger partial charge in [-0.05, 0) is 19.9 Å². The molecule has 0 amide bonds. The van der Waals surface area contributed by atoms with Crippen molar-refractivity contribution in [1.29, 1.82) is 0 Å². The van der Waals surface area contributed by atoms with E-state index < -0.39 is 0 Å². The molecule has 1 aromatic rings. The first-order valence-electron chi connectivity index (χ1n) is 6.54. The molecular formula is C15H25NO2. The van der Waals surface area contributed by atoms with E-state index >= 15 is 0 Å². The number of nitrogens with one attached hydrogen (secondary N) is 1. The largest absolute Gasteiger partial charge is 0.469 e. The summed E-state index contributed by atoms with van der Waals surface area (Å²) in [5.41, 5.74) is 1.32. The van der Waals surface area contributed by atoms with Crippen LogP contribution >= 0.6 is 0 Å². The van der Waals surface area contributed by atoms with Crippen LogP contribution in [-0.2, 0) is 9.53 Å². The maximum atomic E-state index is 10.8. The van der Waals surface area contributed by atoms with Gasteiger partial charge in [0.1, 0.15) is 0 Å². The minimum atomic E-state index is -0.0833. The number of ether oxygens (including phenoxy) is 1. The van der Waals surface area contributed by atoms with Gasteiger partial charge in [-0.15, -0.1) is 0 Å². The molecule has 18 heavy (non-hydrogen) atoms. The van der Waals surface area contributed by atoms with E-state index in [9.17, 15) is 4.79 Å². The van der Waals surface area contributed by atoms with Crippen LogP contribution in [0.3, 0.4) is 0 Å². The van der Waals surface area contributed by atoms with Crippen molar-refractivity contribution in [3.8, 4) is 0 Å². The molecule has 3 heteroatoms. The Labute approximate surface area is 111 Å². The normalized spacial score (nSPS) is 16.8. The third-order valence-corrected chi connectivity index (χ3v) is 2.54. The third-order valence-electron chi connectivity index (χ3n) is 2.54. The smallest absolute Gasteiger partial charge is 0.309 e. The highest BCUT2D eigenvalue weighted by Gasteiger charge is 2.22. The monoisotopic (exact) mass is 251 g/mol. The summed E-state index contributed by atoms with van der Waals surface area (Å²) in [6.45, 7) is 7.81. The molecule has 1 aromatic carbocycles. The second-order valence-corrected chi connectivity index (χ2v) is 3.87. The van der Waals surface area contributed by atoms with Crippen molar-refractivity contribution < 1.29 is 9.53 Å². The maximum Gasteiger partial charge on any atom is 0.309 e. The van der Waals surface area contributed by atoms with E-state index in [-0.39, 0.29) is 11.9 Å². The number of hydrogen-bond acceptors (Lipinski definition) is 3. The first-order valence-corrected chi connectivity index (χ1v) is 6.54. The van der Waals surface area contributed by atoms with Crippen LogP contribution < -0.4 is 5.32 Å². The van der Waals surface area contributed by atoms with Crippen LogP contribution in [0.25, 0.3) is 0 Å². The Morgan fingerprint density at radius 3 is 2.22 bits per heavy atom. The van der Waals surface area contributed by atoms with Crippen molar-refractivity contribution in [1.82, 2.24) is 5.32 Å². The molecule has 0 aromatic heterocycles. The zero-order valence-corrected chi connectivity index (χ0v) is 11.9. The van der Waals surface area contributed by atoms with Gasteiger partial charge in [0.25, 0.3) is 0 Å².